The first-order chi connectivity index (χ1) is 13.3. The van der Waals surface area contributed by atoms with Gasteiger partial charge in [-0.2, -0.15) is 0 Å². The number of nitrogens with one attached hydrogen (secondary N) is 2. The number of hydrogen-bond acceptors (Lipinski definition) is 4. The van der Waals surface area contributed by atoms with Gasteiger partial charge in [0.15, 0.2) is 0 Å². The summed E-state index contributed by atoms with van der Waals surface area (Å²) >= 11 is 0. The molecule has 2 heterocycles. The Bertz CT molecular complexity index is 617. The van der Waals surface area contributed by atoms with E-state index in [9.17, 15) is 9.59 Å². The molecule has 0 bridgehead atoms. The summed E-state index contributed by atoms with van der Waals surface area (Å²) in [6, 6.07) is 6.85. The van der Waals surface area contributed by atoms with Gasteiger partial charge in [-0.25, -0.2) is 9.59 Å². The van der Waals surface area contributed by atoms with E-state index in [1.165, 1.54) is 0 Å². The Labute approximate surface area is 166 Å². The minimum absolute atomic E-state index is 0.0257. The number of hydrogen-bond donors (Lipinski definition) is 2. The van der Waals surface area contributed by atoms with Crippen LogP contribution in [-0.4, -0.2) is 72.5 Å². The van der Waals surface area contributed by atoms with E-state index in [2.05, 4.69) is 10.6 Å². The van der Waals surface area contributed by atoms with Gasteiger partial charge in [-0.15, -0.1) is 0 Å². The Balaban J connectivity index is 1.53. The molecule has 3 rings (SSSR count). The molecule has 8 heteroatoms. The van der Waals surface area contributed by atoms with Gasteiger partial charge in [0.1, 0.15) is 0 Å². The van der Waals surface area contributed by atoms with Crippen LogP contribution in [0.25, 0.3) is 0 Å². The maximum absolute atomic E-state index is 12.5. The van der Waals surface area contributed by atoms with Crippen LogP contribution in [0.2, 0.25) is 0 Å². The number of morpholine rings is 2. The first kappa shape index (κ1) is 20.4. The number of rotatable bonds is 2. The highest BCUT2D eigenvalue weighted by Crippen LogP contribution is 2.18. The summed E-state index contributed by atoms with van der Waals surface area (Å²) in [5.41, 5.74) is 1.37. The lowest BCUT2D eigenvalue weighted by Gasteiger charge is -2.35. The molecular weight excluding hydrogens is 360 g/mol. The standard InChI is InChI=1S/C20H30N4O4/c1-13-9-23(10-14(2)27-13)19(25)21-17-5-7-18(8-6-17)22-20(26)24-11-15(3)28-16(4)12-24/h5-8,13-16H,9-12H2,1-4H3,(H,21,25)(H,22,26)/t13-,14+,15-,16+. The van der Waals surface area contributed by atoms with Crippen LogP contribution < -0.4 is 10.6 Å². The molecule has 1 aromatic carbocycles. The van der Waals surface area contributed by atoms with E-state index in [0.717, 1.165) is 0 Å². The lowest BCUT2D eigenvalue weighted by Crippen LogP contribution is -2.49. The second kappa shape index (κ2) is 8.79. The van der Waals surface area contributed by atoms with E-state index in [-0.39, 0.29) is 36.5 Å². The lowest BCUT2D eigenvalue weighted by atomic mass is 10.2. The largest absolute Gasteiger partial charge is 0.372 e. The molecule has 1 aromatic rings. The normalized spacial score (nSPS) is 28.0. The highest BCUT2D eigenvalue weighted by atomic mass is 16.5. The van der Waals surface area contributed by atoms with Gasteiger partial charge in [0, 0.05) is 37.6 Å². The van der Waals surface area contributed by atoms with Crippen molar-refractivity contribution in [3.63, 3.8) is 0 Å². The molecule has 0 unspecified atom stereocenters. The predicted molar refractivity (Wildman–Crippen MR) is 108 cm³/mol. The molecule has 2 aliphatic rings. The van der Waals surface area contributed by atoms with Gasteiger partial charge < -0.3 is 29.9 Å². The molecule has 0 aromatic heterocycles. The number of urea groups is 2. The summed E-state index contributed by atoms with van der Waals surface area (Å²) in [5, 5.41) is 5.80. The number of carbonyl (C=O) groups excluding carboxylic acids is 2. The van der Waals surface area contributed by atoms with Gasteiger partial charge in [0.05, 0.1) is 24.4 Å². The van der Waals surface area contributed by atoms with E-state index >= 15 is 0 Å². The summed E-state index contributed by atoms with van der Waals surface area (Å²) in [5.74, 6) is 0. The van der Waals surface area contributed by atoms with Gasteiger partial charge in [0.25, 0.3) is 0 Å². The van der Waals surface area contributed by atoms with Crippen LogP contribution in [0.1, 0.15) is 27.7 Å². The maximum atomic E-state index is 12.5. The molecule has 0 aliphatic carbocycles. The van der Waals surface area contributed by atoms with Crippen molar-refractivity contribution in [3.05, 3.63) is 24.3 Å². The molecule has 2 fully saturated rings. The van der Waals surface area contributed by atoms with Gasteiger partial charge in [0.2, 0.25) is 0 Å². The van der Waals surface area contributed by atoms with E-state index in [1.54, 1.807) is 34.1 Å². The summed E-state index contributed by atoms with van der Waals surface area (Å²) in [4.78, 5) is 28.4. The van der Waals surface area contributed by atoms with Crippen LogP contribution in [0.15, 0.2) is 24.3 Å². The number of amides is 4. The zero-order valence-electron chi connectivity index (χ0n) is 17.0. The molecule has 154 valence electrons. The fourth-order valence-corrected chi connectivity index (χ4v) is 3.73. The smallest absolute Gasteiger partial charge is 0.322 e. The van der Waals surface area contributed by atoms with Gasteiger partial charge >= 0.3 is 12.1 Å². The molecule has 4 atom stereocenters. The topological polar surface area (TPSA) is 83.1 Å². The van der Waals surface area contributed by atoms with Crippen LogP contribution in [0, 0.1) is 0 Å². The Morgan fingerprint density at radius 2 is 1.00 bits per heavy atom. The van der Waals surface area contributed by atoms with Crippen molar-refractivity contribution >= 4 is 23.4 Å². The molecule has 0 saturated carbocycles. The minimum atomic E-state index is -0.143. The van der Waals surface area contributed by atoms with Crippen LogP contribution >= 0.6 is 0 Å². The molecule has 8 nitrogen and oxygen atoms in total. The highest BCUT2D eigenvalue weighted by molar-refractivity contribution is 5.91. The number of ether oxygens (including phenoxy) is 2. The highest BCUT2D eigenvalue weighted by Gasteiger charge is 2.27. The first-order valence-electron chi connectivity index (χ1n) is 9.83. The SMILES string of the molecule is C[C@@H]1CN(C(=O)Nc2ccc(NC(=O)N3C[C@@H](C)O[C@@H](C)C3)cc2)C[C@H](C)O1. The Morgan fingerprint density at radius 3 is 1.29 bits per heavy atom. The van der Waals surface area contributed by atoms with Crippen molar-refractivity contribution in [1.29, 1.82) is 0 Å². The third kappa shape index (κ3) is 5.36. The quantitative estimate of drug-likeness (QED) is 0.813. The minimum Gasteiger partial charge on any atom is -0.372 e. The predicted octanol–water partition coefficient (Wildman–Crippen LogP) is 2.97. The third-order valence-corrected chi connectivity index (χ3v) is 4.80. The van der Waals surface area contributed by atoms with E-state index in [4.69, 9.17) is 9.47 Å². The molecule has 2 aliphatic heterocycles. The number of benzene rings is 1. The molecule has 0 radical (unpaired) electrons. The molecule has 28 heavy (non-hydrogen) atoms. The van der Waals surface area contributed by atoms with Crippen molar-refractivity contribution in [2.24, 2.45) is 0 Å². The van der Waals surface area contributed by atoms with Crippen molar-refractivity contribution in [1.82, 2.24) is 9.80 Å². The Hall–Kier alpha value is -2.32. The number of anilines is 2. The number of carbonyl (C=O) groups is 2. The Morgan fingerprint density at radius 1 is 0.714 bits per heavy atom. The average Bonchev–Trinajstić information content (AvgIpc) is 2.61. The van der Waals surface area contributed by atoms with Crippen molar-refractivity contribution in [3.8, 4) is 0 Å². The van der Waals surface area contributed by atoms with Crippen LogP contribution in [0.5, 0.6) is 0 Å². The van der Waals surface area contributed by atoms with Crippen LogP contribution in [-0.2, 0) is 9.47 Å². The number of nitrogens with zero attached hydrogens (tertiary/aromatic N) is 2. The molecule has 4 amide bonds. The van der Waals surface area contributed by atoms with Crippen molar-refractivity contribution in [2.75, 3.05) is 36.8 Å². The van der Waals surface area contributed by atoms with Crippen molar-refractivity contribution < 1.29 is 19.1 Å². The third-order valence-electron chi connectivity index (χ3n) is 4.80. The van der Waals surface area contributed by atoms with Crippen LogP contribution in [0.4, 0.5) is 21.0 Å². The van der Waals surface area contributed by atoms with E-state index in [1.807, 2.05) is 27.7 Å². The van der Waals surface area contributed by atoms with E-state index < -0.39 is 0 Å². The lowest BCUT2D eigenvalue weighted by molar-refractivity contribution is -0.0531. The van der Waals surface area contributed by atoms with E-state index in [0.29, 0.717) is 37.6 Å². The summed E-state index contributed by atoms with van der Waals surface area (Å²) in [7, 11) is 0. The molecule has 2 saturated heterocycles. The second-order valence-electron chi connectivity index (χ2n) is 7.76. The Kier molecular flexibility index (Phi) is 6.41. The fourth-order valence-electron chi connectivity index (χ4n) is 3.73. The average molecular weight is 390 g/mol. The van der Waals surface area contributed by atoms with Crippen LogP contribution in [0.3, 0.4) is 0 Å². The summed E-state index contributed by atoms with van der Waals surface area (Å²) < 4.78 is 11.3. The van der Waals surface area contributed by atoms with Gasteiger partial charge in [-0.05, 0) is 52.0 Å². The first-order valence-corrected chi connectivity index (χ1v) is 9.83. The van der Waals surface area contributed by atoms with Gasteiger partial charge in [-0.1, -0.05) is 0 Å². The molecule has 2 N–H and O–H groups in total. The summed E-state index contributed by atoms with van der Waals surface area (Å²) in [6.07, 6.45) is 0.103. The zero-order chi connectivity index (χ0) is 20.3. The van der Waals surface area contributed by atoms with Crippen molar-refractivity contribution in [2.45, 2.75) is 52.1 Å². The second-order valence-corrected chi connectivity index (χ2v) is 7.76. The molecule has 0 spiro atoms. The summed E-state index contributed by atoms with van der Waals surface area (Å²) in [6.45, 7) is 10.1. The fraction of sp³-hybridized carbons (Fsp3) is 0.600. The zero-order valence-corrected chi connectivity index (χ0v) is 17.0. The van der Waals surface area contributed by atoms with Gasteiger partial charge in [-0.3, -0.25) is 0 Å². The molecular formula is C20H30N4O4. The maximum Gasteiger partial charge on any atom is 0.322 e. The monoisotopic (exact) mass is 390 g/mol.